The van der Waals surface area contributed by atoms with Crippen LogP contribution in [0.4, 0.5) is 0 Å². The highest BCUT2D eigenvalue weighted by atomic mass is 16.6. The monoisotopic (exact) mass is 392 g/mol. The summed E-state index contributed by atoms with van der Waals surface area (Å²) in [7, 11) is 1.69. The van der Waals surface area contributed by atoms with E-state index in [2.05, 4.69) is 12.1 Å². The number of carbonyl (C=O) groups excluding carboxylic acids is 1. The first-order valence-electron chi connectivity index (χ1n) is 10.3. The fourth-order valence-corrected chi connectivity index (χ4v) is 3.55. The molecule has 1 aliphatic carbocycles. The van der Waals surface area contributed by atoms with Crippen molar-refractivity contribution in [2.45, 2.75) is 63.8 Å². The third-order valence-corrected chi connectivity index (χ3v) is 5.44. The molecule has 6 nitrogen and oxygen atoms in total. The molecule has 0 radical (unpaired) electrons. The van der Waals surface area contributed by atoms with Crippen molar-refractivity contribution in [1.82, 2.24) is 0 Å². The minimum Gasteiger partial charge on any atom is -0.493 e. The molecular formula is C22H32O6. The summed E-state index contributed by atoms with van der Waals surface area (Å²) in [6, 6.07) is 6.23. The number of benzene rings is 1. The van der Waals surface area contributed by atoms with Crippen LogP contribution in [0.15, 0.2) is 18.2 Å². The van der Waals surface area contributed by atoms with Gasteiger partial charge in [-0.2, -0.15) is 0 Å². The van der Waals surface area contributed by atoms with Crippen molar-refractivity contribution >= 4 is 5.97 Å². The van der Waals surface area contributed by atoms with E-state index in [-0.39, 0.29) is 18.5 Å². The van der Waals surface area contributed by atoms with E-state index in [1.807, 2.05) is 13.0 Å². The topological polar surface area (TPSA) is 74.2 Å². The van der Waals surface area contributed by atoms with Gasteiger partial charge in [-0.3, -0.25) is 4.79 Å². The van der Waals surface area contributed by atoms with Crippen molar-refractivity contribution in [1.29, 1.82) is 0 Å². The second kappa shape index (κ2) is 10.2. The SMILES string of the molecule is CCC1CC(C(O)COCc2ccc(C3CC3)c(OCCCOC)c2)OC1=O. The van der Waals surface area contributed by atoms with Gasteiger partial charge in [0.25, 0.3) is 0 Å². The average Bonchev–Trinajstić information content (AvgIpc) is 3.47. The van der Waals surface area contributed by atoms with E-state index in [9.17, 15) is 9.90 Å². The van der Waals surface area contributed by atoms with E-state index in [1.165, 1.54) is 18.4 Å². The van der Waals surface area contributed by atoms with Crippen LogP contribution in [0.25, 0.3) is 0 Å². The summed E-state index contributed by atoms with van der Waals surface area (Å²) in [5.41, 5.74) is 2.28. The van der Waals surface area contributed by atoms with Crippen molar-refractivity contribution in [2.75, 3.05) is 26.9 Å². The normalized spacial score (nSPS) is 22.9. The molecule has 2 aliphatic rings. The molecule has 1 aliphatic heterocycles. The van der Waals surface area contributed by atoms with Crippen molar-refractivity contribution < 1.29 is 28.8 Å². The summed E-state index contributed by atoms with van der Waals surface area (Å²) < 4.78 is 22.0. The molecule has 3 rings (SSSR count). The molecule has 156 valence electrons. The van der Waals surface area contributed by atoms with Gasteiger partial charge in [-0.1, -0.05) is 19.1 Å². The molecule has 0 aromatic heterocycles. The van der Waals surface area contributed by atoms with Gasteiger partial charge in [0.05, 0.1) is 25.7 Å². The number of hydrogen-bond acceptors (Lipinski definition) is 6. The molecular weight excluding hydrogens is 360 g/mol. The molecule has 1 aromatic carbocycles. The predicted octanol–water partition coefficient (Wildman–Crippen LogP) is 3.20. The van der Waals surface area contributed by atoms with Gasteiger partial charge in [-0.05, 0) is 42.4 Å². The van der Waals surface area contributed by atoms with E-state index >= 15 is 0 Å². The lowest BCUT2D eigenvalue weighted by Gasteiger charge is -2.17. The Morgan fingerprint density at radius 3 is 2.79 bits per heavy atom. The Morgan fingerprint density at radius 1 is 1.29 bits per heavy atom. The third-order valence-electron chi connectivity index (χ3n) is 5.44. The summed E-state index contributed by atoms with van der Waals surface area (Å²) in [6.45, 7) is 3.79. The number of aliphatic hydroxyl groups is 1. The molecule has 1 saturated carbocycles. The first-order chi connectivity index (χ1) is 13.6. The molecule has 0 amide bonds. The van der Waals surface area contributed by atoms with Gasteiger partial charge in [0.1, 0.15) is 18.0 Å². The van der Waals surface area contributed by atoms with Crippen LogP contribution in [0.2, 0.25) is 0 Å². The smallest absolute Gasteiger partial charge is 0.309 e. The first kappa shape index (κ1) is 21.1. The second-order valence-corrected chi connectivity index (χ2v) is 7.74. The van der Waals surface area contributed by atoms with Crippen LogP contribution in [0.5, 0.6) is 5.75 Å². The lowest BCUT2D eigenvalue weighted by molar-refractivity contribution is -0.149. The Morgan fingerprint density at radius 2 is 2.11 bits per heavy atom. The molecule has 1 saturated heterocycles. The van der Waals surface area contributed by atoms with Crippen LogP contribution in [0.1, 0.15) is 56.1 Å². The molecule has 3 atom stereocenters. The van der Waals surface area contributed by atoms with E-state index in [4.69, 9.17) is 18.9 Å². The number of hydrogen-bond donors (Lipinski definition) is 1. The molecule has 0 spiro atoms. The van der Waals surface area contributed by atoms with Gasteiger partial charge in [0.15, 0.2) is 0 Å². The van der Waals surface area contributed by atoms with Gasteiger partial charge >= 0.3 is 5.97 Å². The van der Waals surface area contributed by atoms with Gasteiger partial charge in [-0.15, -0.1) is 0 Å². The molecule has 1 aromatic rings. The number of cyclic esters (lactones) is 1. The minimum absolute atomic E-state index is 0.104. The minimum atomic E-state index is -0.795. The maximum absolute atomic E-state index is 11.7. The number of rotatable bonds is 12. The van der Waals surface area contributed by atoms with E-state index in [0.29, 0.717) is 32.2 Å². The third kappa shape index (κ3) is 5.69. The Kier molecular flexibility index (Phi) is 7.71. The zero-order chi connectivity index (χ0) is 19.9. The lowest BCUT2D eigenvalue weighted by Crippen LogP contribution is -2.30. The molecule has 3 unspecified atom stereocenters. The van der Waals surface area contributed by atoms with Gasteiger partial charge in [-0.25, -0.2) is 0 Å². The van der Waals surface area contributed by atoms with E-state index in [1.54, 1.807) is 7.11 Å². The molecule has 28 heavy (non-hydrogen) atoms. The molecule has 6 heteroatoms. The van der Waals surface area contributed by atoms with Crippen LogP contribution in [0.3, 0.4) is 0 Å². The fourth-order valence-electron chi connectivity index (χ4n) is 3.55. The van der Waals surface area contributed by atoms with Gasteiger partial charge in [0.2, 0.25) is 0 Å². The quantitative estimate of drug-likeness (QED) is 0.435. The van der Waals surface area contributed by atoms with Crippen molar-refractivity contribution in [3.8, 4) is 5.75 Å². The van der Waals surface area contributed by atoms with Crippen molar-refractivity contribution in [3.63, 3.8) is 0 Å². The van der Waals surface area contributed by atoms with Crippen LogP contribution >= 0.6 is 0 Å². The molecule has 1 N–H and O–H groups in total. The number of methoxy groups -OCH3 is 1. The van der Waals surface area contributed by atoms with Gasteiger partial charge < -0.3 is 24.1 Å². The molecule has 1 heterocycles. The number of aliphatic hydroxyl groups excluding tert-OH is 1. The maximum Gasteiger partial charge on any atom is 0.309 e. The summed E-state index contributed by atoms with van der Waals surface area (Å²) in [5, 5.41) is 10.3. The van der Waals surface area contributed by atoms with Crippen molar-refractivity contribution in [2.24, 2.45) is 5.92 Å². The number of carbonyl (C=O) groups is 1. The zero-order valence-corrected chi connectivity index (χ0v) is 16.9. The van der Waals surface area contributed by atoms with Crippen molar-refractivity contribution in [3.05, 3.63) is 29.3 Å². The van der Waals surface area contributed by atoms with Crippen LogP contribution in [-0.4, -0.2) is 50.2 Å². The number of esters is 1. The average molecular weight is 392 g/mol. The van der Waals surface area contributed by atoms with Gasteiger partial charge in [0, 0.05) is 26.6 Å². The summed E-state index contributed by atoms with van der Waals surface area (Å²) in [5.74, 6) is 1.22. The maximum atomic E-state index is 11.7. The summed E-state index contributed by atoms with van der Waals surface area (Å²) in [4.78, 5) is 11.7. The van der Waals surface area contributed by atoms with E-state index < -0.39 is 12.2 Å². The van der Waals surface area contributed by atoms with Crippen LogP contribution in [-0.2, 0) is 25.6 Å². The Labute approximate surface area is 167 Å². The Balaban J connectivity index is 1.49. The molecule has 2 fully saturated rings. The van der Waals surface area contributed by atoms with Crippen LogP contribution < -0.4 is 4.74 Å². The first-order valence-corrected chi connectivity index (χ1v) is 10.3. The number of ether oxygens (including phenoxy) is 4. The highest BCUT2D eigenvalue weighted by molar-refractivity contribution is 5.74. The molecule has 0 bridgehead atoms. The summed E-state index contributed by atoms with van der Waals surface area (Å²) >= 11 is 0. The fraction of sp³-hybridized carbons (Fsp3) is 0.682. The summed E-state index contributed by atoms with van der Waals surface area (Å²) in [6.07, 6.45) is 3.33. The predicted molar refractivity (Wildman–Crippen MR) is 104 cm³/mol. The lowest BCUT2D eigenvalue weighted by atomic mass is 10.00. The highest BCUT2D eigenvalue weighted by Crippen LogP contribution is 2.44. The largest absolute Gasteiger partial charge is 0.493 e. The van der Waals surface area contributed by atoms with E-state index in [0.717, 1.165) is 24.2 Å². The van der Waals surface area contributed by atoms with Crippen LogP contribution in [0, 0.1) is 5.92 Å². The zero-order valence-electron chi connectivity index (χ0n) is 16.9. The second-order valence-electron chi connectivity index (χ2n) is 7.74. The highest BCUT2D eigenvalue weighted by Gasteiger charge is 2.37. The standard InChI is InChI=1S/C22H32O6/c1-3-16-12-21(28-22(16)24)19(23)14-26-13-15-5-8-18(17-6-7-17)20(11-15)27-10-4-9-25-2/h5,8,11,16-17,19,21,23H,3-4,6-7,9-10,12-14H2,1-2H3. The Bertz CT molecular complexity index is 642. The Hall–Kier alpha value is -1.63.